The third kappa shape index (κ3) is 4.00. The van der Waals surface area contributed by atoms with Crippen LogP contribution in [0.5, 0.6) is 0 Å². The quantitative estimate of drug-likeness (QED) is 0.848. The van der Waals surface area contributed by atoms with E-state index in [0.717, 1.165) is 36.4 Å². The van der Waals surface area contributed by atoms with Gasteiger partial charge in [-0.05, 0) is 50.0 Å². The molecular formula is C19H25N3OS2. The molecule has 0 unspecified atom stereocenters. The number of carbonyl (C=O) groups is 1. The first-order chi connectivity index (χ1) is 12.2. The van der Waals surface area contributed by atoms with Crippen LogP contribution in [0.15, 0.2) is 27.5 Å². The third-order valence-corrected chi connectivity index (χ3v) is 7.14. The van der Waals surface area contributed by atoms with Crippen molar-refractivity contribution in [3.8, 4) is 0 Å². The van der Waals surface area contributed by atoms with Crippen LogP contribution in [0.3, 0.4) is 0 Å². The van der Waals surface area contributed by atoms with Crippen LogP contribution in [0.25, 0.3) is 0 Å². The number of aliphatic imine (C=N–C) groups is 2. The van der Waals surface area contributed by atoms with Gasteiger partial charge in [0.25, 0.3) is 0 Å². The topological polar surface area (TPSA) is 53.8 Å². The summed E-state index contributed by atoms with van der Waals surface area (Å²) in [5.74, 6) is 0.577. The number of hydrogen-bond acceptors (Lipinski definition) is 5. The highest BCUT2D eigenvalue weighted by Gasteiger charge is 2.39. The zero-order valence-corrected chi connectivity index (χ0v) is 16.1. The van der Waals surface area contributed by atoms with Crippen LogP contribution in [0.2, 0.25) is 0 Å². The van der Waals surface area contributed by atoms with Gasteiger partial charge in [0, 0.05) is 6.04 Å². The number of thioether (sulfide) groups is 1. The van der Waals surface area contributed by atoms with Crippen LogP contribution in [0.1, 0.15) is 62.7 Å². The summed E-state index contributed by atoms with van der Waals surface area (Å²) in [6.07, 6.45) is 10.5. The average molecular weight is 376 g/mol. The number of nitrogens with zero attached hydrogens (tertiary/aromatic N) is 2. The molecule has 4 nitrogen and oxygen atoms in total. The molecular weight excluding hydrogens is 350 g/mol. The minimum Gasteiger partial charge on any atom is -0.353 e. The van der Waals surface area contributed by atoms with Crippen LogP contribution >= 0.6 is 23.1 Å². The van der Waals surface area contributed by atoms with E-state index in [-0.39, 0.29) is 11.6 Å². The van der Waals surface area contributed by atoms with Crippen molar-refractivity contribution >= 4 is 39.8 Å². The third-order valence-electron chi connectivity index (χ3n) is 5.30. The Hall–Kier alpha value is -1.14. The van der Waals surface area contributed by atoms with Gasteiger partial charge in [-0.1, -0.05) is 37.1 Å². The molecule has 6 heteroatoms. The van der Waals surface area contributed by atoms with E-state index in [4.69, 9.17) is 9.98 Å². The Morgan fingerprint density at radius 2 is 2.00 bits per heavy atom. The first-order valence-corrected chi connectivity index (χ1v) is 11.3. The molecule has 0 atom stereocenters. The molecule has 2 saturated carbocycles. The van der Waals surface area contributed by atoms with Gasteiger partial charge in [0.15, 0.2) is 5.66 Å². The normalized spacial score (nSPS) is 22.9. The first kappa shape index (κ1) is 17.3. The monoisotopic (exact) mass is 375 g/mol. The summed E-state index contributed by atoms with van der Waals surface area (Å²) in [5.41, 5.74) is 0.772. The van der Waals surface area contributed by atoms with Crippen molar-refractivity contribution in [2.75, 3.05) is 5.75 Å². The second kappa shape index (κ2) is 7.62. The number of hydrogen-bond donors (Lipinski definition) is 1. The molecule has 0 bridgehead atoms. The Morgan fingerprint density at radius 3 is 2.72 bits per heavy atom. The largest absolute Gasteiger partial charge is 0.353 e. The number of carbonyl (C=O) groups excluding carboxylic acids is 1. The average Bonchev–Trinajstić information content (AvgIpc) is 3.36. The van der Waals surface area contributed by atoms with E-state index in [0.29, 0.717) is 11.8 Å². The van der Waals surface area contributed by atoms with Crippen LogP contribution in [0.4, 0.5) is 0 Å². The fraction of sp³-hybridized carbons (Fsp3) is 0.632. The van der Waals surface area contributed by atoms with E-state index >= 15 is 0 Å². The summed E-state index contributed by atoms with van der Waals surface area (Å²) >= 11 is 3.26. The summed E-state index contributed by atoms with van der Waals surface area (Å²) in [5, 5.41) is 6.24. The molecule has 2 aliphatic carbocycles. The van der Waals surface area contributed by atoms with Gasteiger partial charge in [-0.3, -0.25) is 9.79 Å². The smallest absolute Gasteiger partial charge is 0.230 e. The zero-order valence-electron chi connectivity index (χ0n) is 14.5. The number of rotatable bonds is 4. The van der Waals surface area contributed by atoms with Gasteiger partial charge >= 0.3 is 0 Å². The van der Waals surface area contributed by atoms with E-state index in [9.17, 15) is 4.79 Å². The molecule has 2 fully saturated rings. The highest BCUT2D eigenvalue weighted by atomic mass is 32.2. The van der Waals surface area contributed by atoms with Gasteiger partial charge in [-0.2, -0.15) is 0 Å². The Labute approximate surface area is 157 Å². The Kier molecular flexibility index (Phi) is 5.27. The molecule has 0 aromatic carbocycles. The highest BCUT2D eigenvalue weighted by Crippen LogP contribution is 2.40. The van der Waals surface area contributed by atoms with Crippen LogP contribution in [0, 0.1) is 0 Å². The lowest BCUT2D eigenvalue weighted by atomic mass is 9.95. The van der Waals surface area contributed by atoms with Crippen molar-refractivity contribution in [1.29, 1.82) is 0 Å². The van der Waals surface area contributed by atoms with Gasteiger partial charge in [0.2, 0.25) is 5.91 Å². The summed E-state index contributed by atoms with van der Waals surface area (Å²) < 4.78 is 0. The van der Waals surface area contributed by atoms with Crippen molar-refractivity contribution in [3.05, 3.63) is 22.4 Å². The molecule has 2 heterocycles. The van der Waals surface area contributed by atoms with Crippen LogP contribution in [-0.2, 0) is 4.79 Å². The number of thiophene rings is 1. The lowest BCUT2D eigenvalue weighted by Crippen LogP contribution is -2.37. The summed E-state index contributed by atoms with van der Waals surface area (Å²) in [7, 11) is 0. The molecule has 3 aliphatic rings. The minimum atomic E-state index is -0.235. The van der Waals surface area contributed by atoms with Crippen LogP contribution in [-0.4, -0.2) is 34.1 Å². The van der Waals surface area contributed by atoms with Crippen molar-refractivity contribution in [2.45, 2.75) is 69.5 Å². The molecule has 1 aromatic rings. The van der Waals surface area contributed by atoms with Crippen molar-refractivity contribution < 1.29 is 4.79 Å². The van der Waals surface area contributed by atoms with E-state index < -0.39 is 0 Å². The Morgan fingerprint density at radius 1 is 1.20 bits per heavy atom. The number of amides is 1. The first-order valence-electron chi connectivity index (χ1n) is 9.40. The predicted octanol–water partition coefficient (Wildman–Crippen LogP) is 4.40. The lowest BCUT2D eigenvalue weighted by molar-refractivity contribution is -0.119. The van der Waals surface area contributed by atoms with Gasteiger partial charge in [0.1, 0.15) is 10.8 Å². The second-order valence-electron chi connectivity index (χ2n) is 7.24. The standard InChI is InChI=1S/C19H25N3OS2/c23-16(20-14-7-2-1-3-8-14)13-25-18-17(15-9-6-12-24-15)21-19(22-18)10-4-5-11-19/h6,9,12,14H,1-5,7-8,10-11,13H2,(H,20,23). The molecule has 1 N–H and O–H groups in total. The van der Waals surface area contributed by atoms with Crippen molar-refractivity contribution in [3.63, 3.8) is 0 Å². The molecule has 1 amide bonds. The fourth-order valence-electron chi connectivity index (χ4n) is 4.01. The van der Waals surface area contributed by atoms with Crippen LogP contribution < -0.4 is 5.32 Å². The van der Waals surface area contributed by atoms with E-state index in [1.165, 1.54) is 37.0 Å². The fourth-order valence-corrected chi connectivity index (χ4v) is 5.67. The molecule has 1 spiro atoms. The molecule has 1 aliphatic heterocycles. The SMILES string of the molecule is O=C(CSC1=NC2(CCCC2)N=C1c1cccs1)NC1CCCCC1. The molecule has 0 radical (unpaired) electrons. The molecule has 134 valence electrons. The second-order valence-corrected chi connectivity index (χ2v) is 9.15. The van der Waals surface area contributed by atoms with Crippen molar-refractivity contribution in [1.82, 2.24) is 5.32 Å². The lowest BCUT2D eigenvalue weighted by Gasteiger charge is -2.22. The molecule has 1 aromatic heterocycles. The molecule has 4 rings (SSSR count). The summed E-state index contributed by atoms with van der Waals surface area (Å²) in [6, 6.07) is 4.54. The maximum absolute atomic E-state index is 12.3. The number of nitrogens with one attached hydrogen (secondary N) is 1. The van der Waals surface area contributed by atoms with E-state index in [2.05, 4.69) is 22.8 Å². The van der Waals surface area contributed by atoms with Gasteiger partial charge in [0.05, 0.1) is 10.6 Å². The Balaban J connectivity index is 1.41. The van der Waals surface area contributed by atoms with Gasteiger partial charge < -0.3 is 5.32 Å². The van der Waals surface area contributed by atoms with Gasteiger partial charge in [-0.25, -0.2) is 4.99 Å². The Bertz CT molecular complexity index is 669. The van der Waals surface area contributed by atoms with Gasteiger partial charge in [-0.15, -0.1) is 11.3 Å². The maximum atomic E-state index is 12.3. The highest BCUT2D eigenvalue weighted by molar-refractivity contribution is 8.16. The van der Waals surface area contributed by atoms with E-state index in [1.807, 2.05) is 0 Å². The molecule has 25 heavy (non-hydrogen) atoms. The summed E-state index contributed by atoms with van der Waals surface area (Å²) in [4.78, 5) is 23.5. The van der Waals surface area contributed by atoms with Crippen molar-refractivity contribution in [2.24, 2.45) is 9.98 Å². The van der Waals surface area contributed by atoms with E-state index in [1.54, 1.807) is 23.1 Å². The predicted molar refractivity (Wildman–Crippen MR) is 107 cm³/mol. The summed E-state index contributed by atoms with van der Waals surface area (Å²) in [6.45, 7) is 0. The molecule has 0 saturated heterocycles. The maximum Gasteiger partial charge on any atom is 0.230 e. The minimum absolute atomic E-state index is 0.137. The zero-order chi connectivity index (χ0) is 17.1.